The van der Waals surface area contributed by atoms with Gasteiger partial charge >= 0.3 is 0 Å². The molecule has 1 N–H and O–H groups in total. The summed E-state index contributed by atoms with van der Waals surface area (Å²) in [5, 5.41) is 20.8. The zero-order valence-corrected chi connectivity index (χ0v) is 25.1. The molecule has 7 nitrogen and oxygen atoms in total. The van der Waals surface area contributed by atoms with Gasteiger partial charge in [-0.3, -0.25) is 0 Å². The molecule has 0 atom stereocenters. The van der Waals surface area contributed by atoms with Crippen LogP contribution >= 0.6 is 11.3 Å². The molecule has 0 spiro atoms. The first-order valence-corrected chi connectivity index (χ1v) is 16.7. The van der Waals surface area contributed by atoms with Crippen molar-refractivity contribution in [3.63, 3.8) is 0 Å². The van der Waals surface area contributed by atoms with E-state index in [0.717, 1.165) is 51.1 Å². The summed E-state index contributed by atoms with van der Waals surface area (Å²) in [5.41, 5.74) is 6.40. The van der Waals surface area contributed by atoms with Crippen molar-refractivity contribution in [2.24, 2.45) is 0 Å². The molecule has 4 rings (SSSR count). The maximum absolute atomic E-state index is 9.36. The second-order valence-corrected chi connectivity index (χ2v) is 16.6. The smallest absolute Gasteiger partial charge is 0.191 e. The van der Waals surface area contributed by atoms with E-state index in [9.17, 15) is 5.26 Å². The molecule has 3 heterocycles. The molecule has 0 fully saturated rings. The highest BCUT2D eigenvalue weighted by molar-refractivity contribution is 7.13. The van der Waals surface area contributed by atoms with Gasteiger partial charge in [-0.05, 0) is 67.4 Å². The predicted molar refractivity (Wildman–Crippen MR) is 158 cm³/mol. The average molecular weight is 545 g/mol. The van der Waals surface area contributed by atoms with Crippen molar-refractivity contribution in [1.29, 1.82) is 5.26 Å². The van der Waals surface area contributed by atoms with Gasteiger partial charge < -0.3 is 9.74 Å². The highest BCUT2D eigenvalue weighted by atomic mass is 32.1. The van der Waals surface area contributed by atoms with Crippen molar-refractivity contribution in [1.82, 2.24) is 19.7 Å². The van der Waals surface area contributed by atoms with Crippen LogP contribution in [-0.2, 0) is 17.3 Å². The minimum atomic E-state index is -1.92. The number of anilines is 2. The fraction of sp³-hybridized carbons (Fsp3) is 0.379. The van der Waals surface area contributed by atoms with Crippen LogP contribution in [0.25, 0.3) is 16.4 Å². The monoisotopic (exact) mass is 544 g/mol. The van der Waals surface area contributed by atoms with E-state index in [4.69, 9.17) is 14.5 Å². The van der Waals surface area contributed by atoms with E-state index in [1.807, 2.05) is 47.4 Å². The van der Waals surface area contributed by atoms with Gasteiger partial charge in [-0.2, -0.15) is 10.4 Å². The maximum atomic E-state index is 9.36. The highest BCUT2D eigenvalue weighted by Crippen LogP contribution is 2.37. The van der Waals surface area contributed by atoms with Crippen molar-refractivity contribution in [3.8, 4) is 22.5 Å². The van der Waals surface area contributed by atoms with Gasteiger partial charge in [-0.1, -0.05) is 27.7 Å². The summed E-state index contributed by atoms with van der Waals surface area (Å²) in [6.45, 7) is 16.0. The number of thiazole rings is 1. The molecule has 0 unspecified atom stereocenters. The Hall–Kier alpha value is -3.32. The molecule has 1 aromatic carbocycles. The molecule has 0 radical (unpaired) electrons. The van der Waals surface area contributed by atoms with Gasteiger partial charge in [0.15, 0.2) is 8.32 Å². The molecule has 0 aliphatic heterocycles. The molecule has 0 aliphatic rings. The number of nitriles is 1. The Morgan fingerprint density at radius 2 is 1.97 bits per heavy atom. The topological polar surface area (TPSA) is 88.7 Å². The van der Waals surface area contributed by atoms with Crippen LogP contribution in [0.3, 0.4) is 0 Å². The van der Waals surface area contributed by atoms with Crippen molar-refractivity contribution in [3.05, 3.63) is 70.5 Å². The quantitative estimate of drug-likeness (QED) is 0.220. The Labute approximate surface area is 230 Å². The molecule has 0 saturated heterocycles. The summed E-state index contributed by atoms with van der Waals surface area (Å²) in [5.74, 6) is 0.782. The molecule has 9 heteroatoms. The van der Waals surface area contributed by atoms with Crippen LogP contribution in [0.5, 0.6) is 0 Å². The third-order valence-electron chi connectivity index (χ3n) is 7.21. The number of aryl methyl sites for hydroxylation is 2. The summed E-state index contributed by atoms with van der Waals surface area (Å²) in [4.78, 5) is 9.34. The Kier molecular flexibility index (Phi) is 8.16. The van der Waals surface area contributed by atoms with E-state index < -0.39 is 8.32 Å². The number of nitrogens with zero attached hydrogens (tertiary/aromatic N) is 5. The van der Waals surface area contributed by atoms with Crippen LogP contribution in [0.15, 0.2) is 48.1 Å². The average Bonchev–Trinajstić information content (AvgIpc) is 3.57. The van der Waals surface area contributed by atoms with Crippen LogP contribution < -0.4 is 5.32 Å². The second-order valence-electron chi connectivity index (χ2n) is 10.9. The lowest BCUT2D eigenvalue weighted by Crippen LogP contribution is -2.41. The summed E-state index contributed by atoms with van der Waals surface area (Å²) >= 11 is 1.57. The molecule has 0 saturated carbocycles. The maximum Gasteiger partial charge on any atom is 0.191 e. The first-order chi connectivity index (χ1) is 18.0. The Morgan fingerprint density at radius 3 is 2.63 bits per heavy atom. The number of nitrogens with one attached hydrogen (secondary N) is 1. The van der Waals surface area contributed by atoms with Crippen LogP contribution in [0.2, 0.25) is 18.1 Å². The first kappa shape index (κ1) is 27.7. The number of rotatable bonds is 9. The van der Waals surface area contributed by atoms with E-state index >= 15 is 0 Å². The largest absolute Gasteiger partial charge is 0.416 e. The van der Waals surface area contributed by atoms with Crippen LogP contribution in [0, 0.1) is 18.3 Å². The molecule has 198 valence electrons. The molecule has 4 aromatic rings. The standard InChI is InChI=1S/C29H36N6OSSi/c1-8-22-18-21(19-30)9-10-24(22)33-27-23(12-15-36-38(6,7)29(3,4)5)26(17-20(2)32-27)35-14-11-25(34-35)28-31-13-16-37-28/h9-11,13-14,16-18H,8,12,15H2,1-7H3,(H,32,33). The number of aromatic nitrogens is 4. The fourth-order valence-electron chi connectivity index (χ4n) is 3.99. The van der Waals surface area contributed by atoms with Crippen LogP contribution in [0.4, 0.5) is 11.5 Å². The van der Waals surface area contributed by atoms with E-state index in [0.29, 0.717) is 18.6 Å². The first-order valence-electron chi connectivity index (χ1n) is 12.9. The van der Waals surface area contributed by atoms with Crippen LogP contribution in [-0.4, -0.2) is 34.7 Å². The predicted octanol–water partition coefficient (Wildman–Crippen LogP) is 7.44. The van der Waals surface area contributed by atoms with Gasteiger partial charge in [-0.25, -0.2) is 14.6 Å². The van der Waals surface area contributed by atoms with Gasteiger partial charge in [0.2, 0.25) is 0 Å². The van der Waals surface area contributed by atoms with E-state index in [1.54, 1.807) is 17.5 Å². The lowest BCUT2D eigenvalue weighted by Gasteiger charge is -2.36. The molecule has 0 aliphatic carbocycles. The lowest BCUT2D eigenvalue weighted by molar-refractivity contribution is 0.292. The van der Waals surface area contributed by atoms with Gasteiger partial charge in [0.25, 0.3) is 0 Å². The van der Waals surface area contributed by atoms with Crippen molar-refractivity contribution < 1.29 is 4.43 Å². The Bertz CT molecular complexity index is 1450. The van der Waals surface area contributed by atoms with Gasteiger partial charge in [-0.15, -0.1) is 11.3 Å². The van der Waals surface area contributed by atoms with Crippen molar-refractivity contribution in [2.45, 2.75) is 65.6 Å². The van der Waals surface area contributed by atoms with E-state index in [1.165, 1.54) is 0 Å². The third-order valence-corrected chi connectivity index (χ3v) is 12.5. The number of hydrogen-bond acceptors (Lipinski definition) is 7. The molecular formula is C29H36N6OSSi. The van der Waals surface area contributed by atoms with Crippen molar-refractivity contribution in [2.75, 3.05) is 11.9 Å². The number of pyridine rings is 1. The second kappa shape index (κ2) is 11.2. The summed E-state index contributed by atoms with van der Waals surface area (Å²) in [6.07, 6.45) is 5.26. The number of hydrogen-bond donors (Lipinski definition) is 1. The zero-order chi connectivity index (χ0) is 27.5. The molecule has 38 heavy (non-hydrogen) atoms. The zero-order valence-electron chi connectivity index (χ0n) is 23.3. The molecule has 3 aromatic heterocycles. The lowest BCUT2D eigenvalue weighted by atomic mass is 10.1. The SMILES string of the molecule is CCc1cc(C#N)ccc1Nc1nc(C)cc(-n2ccc(-c3nccs3)n2)c1CCO[Si](C)(C)C(C)(C)C. The summed E-state index contributed by atoms with van der Waals surface area (Å²) in [7, 11) is -1.92. The van der Waals surface area contributed by atoms with Gasteiger partial charge in [0.1, 0.15) is 16.5 Å². The van der Waals surface area contributed by atoms with Gasteiger partial charge in [0.05, 0.1) is 17.3 Å². The highest BCUT2D eigenvalue weighted by Gasteiger charge is 2.37. The Morgan fingerprint density at radius 1 is 1.18 bits per heavy atom. The van der Waals surface area contributed by atoms with E-state index in [2.05, 4.69) is 63.2 Å². The van der Waals surface area contributed by atoms with E-state index in [-0.39, 0.29) is 5.04 Å². The summed E-state index contributed by atoms with van der Waals surface area (Å²) in [6, 6.07) is 12.0. The minimum Gasteiger partial charge on any atom is -0.416 e. The minimum absolute atomic E-state index is 0.130. The number of benzene rings is 1. The Balaban J connectivity index is 1.76. The molecule has 0 amide bonds. The molecule has 0 bridgehead atoms. The molecular weight excluding hydrogens is 509 g/mol. The van der Waals surface area contributed by atoms with Gasteiger partial charge in [0, 0.05) is 47.7 Å². The van der Waals surface area contributed by atoms with Crippen LogP contribution in [0.1, 0.15) is 50.1 Å². The summed E-state index contributed by atoms with van der Waals surface area (Å²) < 4.78 is 8.49. The normalized spacial score (nSPS) is 11.9. The fourth-order valence-corrected chi connectivity index (χ4v) is 5.64. The third kappa shape index (κ3) is 6.04. The van der Waals surface area contributed by atoms with Crippen molar-refractivity contribution >= 4 is 31.2 Å².